The third kappa shape index (κ3) is 5.71. The number of carbonyl (C=O) groups excluding carboxylic acids is 1. The summed E-state index contributed by atoms with van der Waals surface area (Å²) in [6.07, 6.45) is 0. The molecular formula is C23H22N2O4S. The standard InChI is InChI=1S/C23H22N2O4S/c1-27-18-11-12-21(28-2)20(14-18)24-23(30)25-22(26)17-9-6-10-19(13-17)29-15-16-7-4-3-5-8-16/h3-14H,15H2,1-2H3,(H2,24,25,26,30). The van der Waals surface area contributed by atoms with Gasteiger partial charge in [0.15, 0.2) is 5.11 Å². The Labute approximate surface area is 180 Å². The molecule has 2 N–H and O–H groups in total. The Morgan fingerprint density at radius 1 is 0.900 bits per heavy atom. The Balaban J connectivity index is 1.62. The minimum absolute atomic E-state index is 0.141. The highest BCUT2D eigenvalue weighted by molar-refractivity contribution is 7.80. The van der Waals surface area contributed by atoms with Crippen LogP contribution in [0.25, 0.3) is 0 Å². The van der Waals surface area contributed by atoms with Gasteiger partial charge in [0.05, 0.1) is 19.9 Å². The van der Waals surface area contributed by atoms with E-state index in [-0.39, 0.29) is 11.0 Å². The number of thiocarbonyl (C=S) groups is 1. The summed E-state index contributed by atoms with van der Waals surface area (Å²) in [7, 11) is 3.12. The number of amides is 1. The van der Waals surface area contributed by atoms with E-state index in [0.717, 1.165) is 5.56 Å². The molecule has 0 saturated heterocycles. The zero-order valence-electron chi connectivity index (χ0n) is 16.7. The van der Waals surface area contributed by atoms with Crippen molar-refractivity contribution < 1.29 is 19.0 Å². The normalized spacial score (nSPS) is 10.1. The topological polar surface area (TPSA) is 68.8 Å². The molecule has 0 aromatic heterocycles. The predicted molar refractivity (Wildman–Crippen MR) is 120 cm³/mol. The van der Waals surface area contributed by atoms with Crippen LogP contribution in [-0.2, 0) is 6.61 Å². The zero-order valence-corrected chi connectivity index (χ0v) is 17.5. The van der Waals surface area contributed by atoms with Crippen LogP contribution in [0.5, 0.6) is 17.2 Å². The van der Waals surface area contributed by atoms with Crippen LogP contribution in [-0.4, -0.2) is 25.2 Å². The van der Waals surface area contributed by atoms with Crippen LogP contribution in [0.1, 0.15) is 15.9 Å². The van der Waals surface area contributed by atoms with Gasteiger partial charge in [0.1, 0.15) is 23.9 Å². The first-order valence-electron chi connectivity index (χ1n) is 9.20. The summed E-state index contributed by atoms with van der Waals surface area (Å²) in [5.41, 5.74) is 2.06. The van der Waals surface area contributed by atoms with E-state index in [1.54, 1.807) is 56.7 Å². The molecule has 0 bridgehead atoms. The second-order valence-electron chi connectivity index (χ2n) is 6.28. The van der Waals surface area contributed by atoms with E-state index in [4.69, 9.17) is 26.4 Å². The van der Waals surface area contributed by atoms with Crippen molar-refractivity contribution in [2.24, 2.45) is 0 Å². The molecule has 0 fully saturated rings. The fourth-order valence-corrected chi connectivity index (χ4v) is 2.91. The van der Waals surface area contributed by atoms with Gasteiger partial charge in [0, 0.05) is 11.6 Å². The molecule has 154 valence electrons. The number of benzene rings is 3. The molecule has 0 heterocycles. The Kier molecular flexibility index (Phi) is 7.24. The van der Waals surface area contributed by atoms with Gasteiger partial charge in [-0.2, -0.15) is 0 Å². The zero-order chi connectivity index (χ0) is 21.3. The van der Waals surface area contributed by atoms with Crippen molar-refractivity contribution in [3.63, 3.8) is 0 Å². The summed E-state index contributed by atoms with van der Waals surface area (Å²) < 4.78 is 16.3. The summed E-state index contributed by atoms with van der Waals surface area (Å²) in [5.74, 6) is 1.46. The van der Waals surface area contributed by atoms with Gasteiger partial charge in [-0.15, -0.1) is 0 Å². The predicted octanol–water partition coefficient (Wildman–Crippen LogP) is 4.41. The number of nitrogens with one attached hydrogen (secondary N) is 2. The number of rotatable bonds is 7. The fraction of sp³-hybridized carbons (Fsp3) is 0.130. The van der Waals surface area contributed by atoms with Crippen molar-refractivity contribution in [3.05, 3.63) is 83.9 Å². The van der Waals surface area contributed by atoms with E-state index in [0.29, 0.717) is 35.1 Å². The molecule has 3 aromatic rings. The van der Waals surface area contributed by atoms with Crippen LogP contribution in [0.3, 0.4) is 0 Å². The van der Waals surface area contributed by atoms with Crippen molar-refractivity contribution in [2.45, 2.75) is 6.61 Å². The van der Waals surface area contributed by atoms with Crippen molar-refractivity contribution in [1.29, 1.82) is 0 Å². The van der Waals surface area contributed by atoms with Crippen molar-refractivity contribution >= 4 is 28.9 Å². The molecule has 0 saturated carbocycles. The smallest absolute Gasteiger partial charge is 0.257 e. The quantitative estimate of drug-likeness (QED) is 0.550. The molecule has 6 nitrogen and oxygen atoms in total. The molecule has 0 spiro atoms. The molecule has 7 heteroatoms. The van der Waals surface area contributed by atoms with Crippen LogP contribution in [0.2, 0.25) is 0 Å². The van der Waals surface area contributed by atoms with Gasteiger partial charge in [-0.1, -0.05) is 36.4 Å². The summed E-state index contributed by atoms with van der Waals surface area (Å²) in [6.45, 7) is 0.418. The monoisotopic (exact) mass is 422 g/mol. The Hall–Kier alpha value is -3.58. The molecule has 0 unspecified atom stereocenters. The fourth-order valence-electron chi connectivity index (χ4n) is 2.71. The first kappa shape index (κ1) is 21.1. The Morgan fingerprint density at radius 3 is 2.43 bits per heavy atom. The molecule has 30 heavy (non-hydrogen) atoms. The van der Waals surface area contributed by atoms with E-state index >= 15 is 0 Å². The lowest BCUT2D eigenvalue weighted by Gasteiger charge is -2.14. The molecule has 0 aliphatic carbocycles. The second-order valence-corrected chi connectivity index (χ2v) is 6.68. The van der Waals surface area contributed by atoms with E-state index in [1.807, 2.05) is 30.3 Å². The molecule has 3 aromatic carbocycles. The summed E-state index contributed by atoms with van der Waals surface area (Å²) >= 11 is 5.28. The third-order valence-electron chi connectivity index (χ3n) is 4.23. The van der Waals surface area contributed by atoms with Gasteiger partial charge in [-0.25, -0.2) is 0 Å². The van der Waals surface area contributed by atoms with Crippen LogP contribution < -0.4 is 24.8 Å². The van der Waals surface area contributed by atoms with Crippen molar-refractivity contribution in [2.75, 3.05) is 19.5 Å². The van der Waals surface area contributed by atoms with Gasteiger partial charge in [-0.3, -0.25) is 10.1 Å². The number of ether oxygens (including phenoxy) is 3. The minimum Gasteiger partial charge on any atom is -0.497 e. The van der Waals surface area contributed by atoms with Crippen LogP contribution >= 0.6 is 12.2 Å². The number of hydrogen-bond donors (Lipinski definition) is 2. The maximum atomic E-state index is 12.6. The van der Waals surface area contributed by atoms with Gasteiger partial charge < -0.3 is 19.5 Å². The summed E-state index contributed by atoms with van der Waals surface area (Å²) in [5, 5.41) is 5.77. The Morgan fingerprint density at radius 2 is 1.70 bits per heavy atom. The molecule has 0 aliphatic heterocycles. The number of carbonyl (C=O) groups is 1. The molecular weight excluding hydrogens is 400 g/mol. The second kappa shape index (κ2) is 10.3. The molecule has 0 atom stereocenters. The van der Waals surface area contributed by atoms with Gasteiger partial charge in [0.25, 0.3) is 5.91 Å². The largest absolute Gasteiger partial charge is 0.497 e. The highest BCUT2D eigenvalue weighted by Crippen LogP contribution is 2.28. The minimum atomic E-state index is -0.348. The lowest BCUT2D eigenvalue weighted by atomic mass is 10.2. The number of methoxy groups -OCH3 is 2. The maximum absolute atomic E-state index is 12.6. The SMILES string of the molecule is COc1ccc(OC)c(NC(=S)NC(=O)c2cccc(OCc3ccccc3)c2)c1. The molecule has 1 amide bonds. The highest BCUT2D eigenvalue weighted by Gasteiger charge is 2.12. The highest BCUT2D eigenvalue weighted by atomic mass is 32.1. The summed E-state index contributed by atoms with van der Waals surface area (Å²) in [4.78, 5) is 12.6. The average Bonchev–Trinajstić information content (AvgIpc) is 2.78. The molecule has 3 rings (SSSR count). The van der Waals surface area contributed by atoms with E-state index in [1.165, 1.54) is 0 Å². The first-order chi connectivity index (χ1) is 14.6. The first-order valence-corrected chi connectivity index (χ1v) is 9.61. The maximum Gasteiger partial charge on any atom is 0.257 e. The van der Waals surface area contributed by atoms with Gasteiger partial charge in [0.2, 0.25) is 0 Å². The van der Waals surface area contributed by atoms with E-state index < -0.39 is 0 Å². The van der Waals surface area contributed by atoms with Crippen molar-refractivity contribution in [1.82, 2.24) is 5.32 Å². The lowest BCUT2D eigenvalue weighted by molar-refractivity contribution is 0.0977. The number of hydrogen-bond acceptors (Lipinski definition) is 5. The Bertz CT molecular complexity index is 1020. The summed E-state index contributed by atoms with van der Waals surface area (Å²) in [6, 6.07) is 22.0. The molecule has 0 aliphatic rings. The third-order valence-corrected chi connectivity index (χ3v) is 4.43. The van der Waals surface area contributed by atoms with Crippen LogP contribution in [0.15, 0.2) is 72.8 Å². The lowest BCUT2D eigenvalue weighted by Crippen LogP contribution is -2.34. The van der Waals surface area contributed by atoms with Gasteiger partial charge in [-0.05, 0) is 48.1 Å². The van der Waals surface area contributed by atoms with Crippen LogP contribution in [0, 0.1) is 0 Å². The van der Waals surface area contributed by atoms with E-state index in [2.05, 4.69) is 10.6 Å². The van der Waals surface area contributed by atoms with Crippen LogP contribution in [0.4, 0.5) is 5.69 Å². The van der Waals surface area contributed by atoms with E-state index in [9.17, 15) is 4.79 Å². The van der Waals surface area contributed by atoms with Crippen molar-refractivity contribution in [3.8, 4) is 17.2 Å². The van der Waals surface area contributed by atoms with Gasteiger partial charge >= 0.3 is 0 Å². The number of anilines is 1. The average molecular weight is 423 g/mol. The molecule has 0 radical (unpaired) electrons.